The summed E-state index contributed by atoms with van der Waals surface area (Å²) in [5.41, 5.74) is 0.0110. The molecule has 3 heteroatoms. The lowest BCUT2D eigenvalue weighted by atomic mass is 9.85. The zero-order valence-corrected chi connectivity index (χ0v) is 12.8. The van der Waals surface area contributed by atoms with Crippen LogP contribution in [-0.4, -0.2) is 36.0 Å². The fourth-order valence-electron chi connectivity index (χ4n) is 4.25. The Hall–Kier alpha value is -0.120. The first-order valence-electron chi connectivity index (χ1n) is 8.82. The number of nitrogens with one attached hydrogen (secondary N) is 1. The van der Waals surface area contributed by atoms with Gasteiger partial charge in [0.25, 0.3) is 0 Å². The molecule has 20 heavy (non-hydrogen) atoms. The van der Waals surface area contributed by atoms with Gasteiger partial charge in [0.15, 0.2) is 0 Å². The molecule has 3 aliphatic carbocycles. The van der Waals surface area contributed by atoms with E-state index in [1.165, 1.54) is 57.8 Å². The smallest absolute Gasteiger partial charge is 0.0616 e. The standard InChI is InChI=1S/C17H31NO2/c19-13-17(18-15-8-9-15)11-4-5-14(17)10-12-20-16-6-2-1-3-7-16/h14-16,18-19H,1-13H2. The maximum absolute atomic E-state index is 9.91. The van der Waals surface area contributed by atoms with E-state index in [-0.39, 0.29) is 5.54 Å². The van der Waals surface area contributed by atoms with Gasteiger partial charge < -0.3 is 15.2 Å². The van der Waals surface area contributed by atoms with Gasteiger partial charge in [0.1, 0.15) is 0 Å². The lowest BCUT2D eigenvalue weighted by Crippen LogP contribution is -2.52. The predicted octanol–water partition coefficient (Wildman–Crippen LogP) is 3.01. The first kappa shape index (κ1) is 14.8. The van der Waals surface area contributed by atoms with Crippen molar-refractivity contribution in [1.82, 2.24) is 5.32 Å². The summed E-state index contributed by atoms with van der Waals surface area (Å²) in [5, 5.41) is 13.7. The number of hydrogen-bond acceptors (Lipinski definition) is 3. The van der Waals surface area contributed by atoms with Crippen LogP contribution in [0.4, 0.5) is 0 Å². The Bertz CT molecular complexity index is 299. The fourth-order valence-corrected chi connectivity index (χ4v) is 4.25. The van der Waals surface area contributed by atoms with E-state index in [0.29, 0.717) is 24.7 Å². The monoisotopic (exact) mass is 281 g/mol. The first-order chi connectivity index (χ1) is 9.82. The van der Waals surface area contributed by atoms with E-state index in [1.807, 2.05) is 0 Å². The minimum Gasteiger partial charge on any atom is -0.394 e. The van der Waals surface area contributed by atoms with Crippen LogP contribution < -0.4 is 5.32 Å². The summed E-state index contributed by atoms with van der Waals surface area (Å²) >= 11 is 0. The van der Waals surface area contributed by atoms with Crippen molar-refractivity contribution in [3.05, 3.63) is 0 Å². The lowest BCUT2D eigenvalue weighted by molar-refractivity contribution is 0.0116. The van der Waals surface area contributed by atoms with Gasteiger partial charge in [-0.25, -0.2) is 0 Å². The van der Waals surface area contributed by atoms with Gasteiger partial charge in [-0.05, 0) is 50.9 Å². The Balaban J connectivity index is 1.44. The fraction of sp³-hybridized carbons (Fsp3) is 1.00. The molecule has 0 aromatic carbocycles. The summed E-state index contributed by atoms with van der Waals surface area (Å²) in [7, 11) is 0. The van der Waals surface area contributed by atoms with Gasteiger partial charge in [-0.15, -0.1) is 0 Å². The third-order valence-electron chi connectivity index (χ3n) is 5.68. The van der Waals surface area contributed by atoms with Gasteiger partial charge in [-0.1, -0.05) is 25.7 Å². The molecule has 0 radical (unpaired) electrons. The molecule has 0 bridgehead atoms. The Morgan fingerprint density at radius 3 is 2.50 bits per heavy atom. The van der Waals surface area contributed by atoms with E-state index in [9.17, 15) is 5.11 Å². The highest BCUT2D eigenvalue weighted by molar-refractivity contribution is 5.02. The molecular formula is C17H31NO2. The summed E-state index contributed by atoms with van der Waals surface area (Å²) in [6, 6.07) is 0.682. The number of ether oxygens (including phenoxy) is 1. The second-order valence-corrected chi connectivity index (χ2v) is 7.24. The largest absolute Gasteiger partial charge is 0.394 e. The van der Waals surface area contributed by atoms with Crippen LogP contribution in [0.1, 0.15) is 70.6 Å². The molecule has 2 N–H and O–H groups in total. The molecule has 0 aromatic heterocycles. The van der Waals surface area contributed by atoms with Crippen molar-refractivity contribution < 1.29 is 9.84 Å². The minimum atomic E-state index is 0.0110. The highest BCUT2D eigenvalue weighted by Gasteiger charge is 2.44. The Morgan fingerprint density at radius 1 is 1.00 bits per heavy atom. The molecule has 0 aromatic rings. The molecule has 3 nitrogen and oxygen atoms in total. The van der Waals surface area contributed by atoms with E-state index in [2.05, 4.69) is 5.32 Å². The SMILES string of the molecule is OCC1(NC2CC2)CCCC1CCOC1CCCCC1. The van der Waals surface area contributed by atoms with Crippen LogP contribution in [0.5, 0.6) is 0 Å². The van der Waals surface area contributed by atoms with Gasteiger partial charge in [-0.2, -0.15) is 0 Å². The Labute approximate surface area is 123 Å². The maximum atomic E-state index is 9.91. The lowest BCUT2D eigenvalue weighted by Gasteiger charge is -2.36. The predicted molar refractivity (Wildman–Crippen MR) is 80.8 cm³/mol. The number of aliphatic hydroxyl groups is 1. The van der Waals surface area contributed by atoms with E-state index < -0.39 is 0 Å². The molecule has 3 fully saturated rings. The summed E-state index contributed by atoms with van der Waals surface area (Å²) in [6.07, 6.45) is 14.5. The highest BCUT2D eigenvalue weighted by Crippen LogP contribution is 2.40. The molecule has 116 valence electrons. The molecular weight excluding hydrogens is 250 g/mol. The quantitative estimate of drug-likeness (QED) is 0.754. The first-order valence-corrected chi connectivity index (χ1v) is 8.82. The van der Waals surface area contributed by atoms with Crippen LogP contribution in [0.25, 0.3) is 0 Å². The van der Waals surface area contributed by atoms with Crippen molar-refractivity contribution >= 4 is 0 Å². The second kappa shape index (κ2) is 6.76. The second-order valence-electron chi connectivity index (χ2n) is 7.24. The molecule has 2 atom stereocenters. The summed E-state index contributed by atoms with van der Waals surface area (Å²) in [5.74, 6) is 0.608. The maximum Gasteiger partial charge on any atom is 0.0616 e. The van der Waals surface area contributed by atoms with Crippen molar-refractivity contribution in [2.24, 2.45) is 5.92 Å². The van der Waals surface area contributed by atoms with Crippen LogP contribution in [0, 0.1) is 5.92 Å². The van der Waals surface area contributed by atoms with Crippen molar-refractivity contribution in [2.75, 3.05) is 13.2 Å². The van der Waals surface area contributed by atoms with Crippen LogP contribution in [0.2, 0.25) is 0 Å². The molecule has 0 heterocycles. The van der Waals surface area contributed by atoms with Gasteiger partial charge in [-0.3, -0.25) is 0 Å². The zero-order chi connectivity index (χ0) is 13.8. The van der Waals surface area contributed by atoms with Crippen LogP contribution in [-0.2, 0) is 4.74 Å². The van der Waals surface area contributed by atoms with Crippen molar-refractivity contribution in [1.29, 1.82) is 0 Å². The number of hydrogen-bond donors (Lipinski definition) is 2. The Kier molecular flexibility index (Phi) is 5.00. The van der Waals surface area contributed by atoms with Gasteiger partial charge in [0.2, 0.25) is 0 Å². The van der Waals surface area contributed by atoms with E-state index in [0.717, 1.165) is 19.4 Å². The molecule has 0 spiro atoms. The zero-order valence-electron chi connectivity index (χ0n) is 12.8. The molecule has 0 aliphatic heterocycles. The third-order valence-corrected chi connectivity index (χ3v) is 5.68. The molecule has 2 unspecified atom stereocenters. The minimum absolute atomic E-state index is 0.0110. The van der Waals surface area contributed by atoms with E-state index in [4.69, 9.17) is 4.74 Å². The molecule has 3 aliphatic rings. The third kappa shape index (κ3) is 3.55. The van der Waals surface area contributed by atoms with E-state index in [1.54, 1.807) is 0 Å². The molecule has 0 amide bonds. The van der Waals surface area contributed by atoms with Gasteiger partial charge in [0.05, 0.1) is 12.7 Å². The molecule has 3 rings (SSSR count). The average Bonchev–Trinajstić information content (AvgIpc) is 3.21. The van der Waals surface area contributed by atoms with Crippen LogP contribution in [0.3, 0.4) is 0 Å². The molecule has 0 saturated heterocycles. The van der Waals surface area contributed by atoms with Crippen molar-refractivity contribution in [3.8, 4) is 0 Å². The summed E-state index contributed by atoms with van der Waals surface area (Å²) < 4.78 is 6.09. The molecule has 3 saturated carbocycles. The summed E-state index contributed by atoms with van der Waals surface area (Å²) in [6.45, 7) is 1.20. The van der Waals surface area contributed by atoms with Gasteiger partial charge >= 0.3 is 0 Å². The number of rotatable bonds is 7. The van der Waals surface area contributed by atoms with Gasteiger partial charge in [0, 0.05) is 18.2 Å². The highest BCUT2D eigenvalue weighted by atomic mass is 16.5. The van der Waals surface area contributed by atoms with Crippen molar-refractivity contribution in [3.63, 3.8) is 0 Å². The van der Waals surface area contributed by atoms with Crippen molar-refractivity contribution in [2.45, 2.75) is 88.3 Å². The van der Waals surface area contributed by atoms with E-state index >= 15 is 0 Å². The summed E-state index contributed by atoms with van der Waals surface area (Å²) in [4.78, 5) is 0. The average molecular weight is 281 g/mol. The van der Waals surface area contributed by atoms with Crippen LogP contribution in [0.15, 0.2) is 0 Å². The Morgan fingerprint density at radius 2 is 1.80 bits per heavy atom. The van der Waals surface area contributed by atoms with Crippen LogP contribution >= 0.6 is 0 Å². The topological polar surface area (TPSA) is 41.5 Å². The normalized spacial score (nSPS) is 35.5. The number of aliphatic hydroxyl groups excluding tert-OH is 1.